The number of benzene rings is 1. The fraction of sp³-hybridized carbons (Fsp3) is 0.643. The van der Waals surface area contributed by atoms with Crippen molar-refractivity contribution in [1.82, 2.24) is 20.0 Å². The molecule has 40 heavy (non-hydrogen) atoms. The van der Waals surface area contributed by atoms with Crippen LogP contribution in [-0.4, -0.2) is 103 Å². The van der Waals surface area contributed by atoms with Crippen molar-refractivity contribution in [2.45, 2.75) is 69.1 Å². The number of ketones is 1. The molecule has 2 bridgehead atoms. The van der Waals surface area contributed by atoms with Gasteiger partial charge in [0, 0.05) is 57.3 Å². The number of guanidine groups is 1. The van der Waals surface area contributed by atoms with Gasteiger partial charge in [0.05, 0.1) is 11.5 Å². The van der Waals surface area contributed by atoms with Gasteiger partial charge >= 0.3 is 6.09 Å². The summed E-state index contributed by atoms with van der Waals surface area (Å²) in [4.78, 5) is 44.8. The molecule has 0 aromatic heterocycles. The molecule has 3 aliphatic heterocycles. The van der Waals surface area contributed by atoms with Crippen LogP contribution in [0.1, 0.15) is 50.2 Å². The van der Waals surface area contributed by atoms with Crippen molar-refractivity contribution in [2.24, 2.45) is 11.5 Å². The molecule has 12 nitrogen and oxygen atoms in total. The first-order chi connectivity index (χ1) is 19.1. The molecule has 0 saturated carbocycles. The molecule has 1 aliphatic carbocycles. The lowest BCUT2D eigenvalue weighted by Crippen LogP contribution is -2.54. The van der Waals surface area contributed by atoms with E-state index in [1.165, 1.54) is 5.56 Å². The Bertz CT molecular complexity index is 1180. The van der Waals surface area contributed by atoms with Crippen LogP contribution in [0.2, 0.25) is 0 Å². The number of carbonyl (C=O) groups excluding carboxylic acids is 3. The minimum atomic E-state index is -0.644. The van der Waals surface area contributed by atoms with Gasteiger partial charge in [-0.3, -0.25) is 15.0 Å². The number of hydrogen-bond donors (Lipinski definition) is 4. The van der Waals surface area contributed by atoms with Crippen molar-refractivity contribution in [1.29, 1.82) is 5.41 Å². The second-order valence-electron chi connectivity index (χ2n) is 11.5. The molecule has 0 radical (unpaired) electrons. The molecule has 12 heteroatoms. The second-order valence-corrected chi connectivity index (χ2v) is 11.5. The minimum absolute atomic E-state index is 0.104. The molecule has 1 spiro atoms. The van der Waals surface area contributed by atoms with Crippen LogP contribution < -0.4 is 26.3 Å². The van der Waals surface area contributed by atoms with E-state index in [1.807, 2.05) is 13.0 Å². The van der Waals surface area contributed by atoms with E-state index < -0.39 is 23.7 Å². The number of Topliss-reactive ketones (excluding diaryl/α,β-unsaturated/α-hetero) is 1. The Hall–Kier alpha value is -3.38. The Morgan fingerprint density at radius 2 is 1.95 bits per heavy atom. The first kappa shape index (κ1) is 28.2. The van der Waals surface area contributed by atoms with E-state index in [0.29, 0.717) is 69.5 Å². The van der Waals surface area contributed by atoms with Gasteiger partial charge in [-0.2, -0.15) is 0 Å². The molecule has 1 unspecified atom stereocenters. The summed E-state index contributed by atoms with van der Waals surface area (Å²) in [5.74, 6) is 0.727. The number of amides is 2. The molecular weight excluding hydrogens is 514 g/mol. The SMILES string of the molecule is CCCC(=O)C1Oc2c(OC(=O)N3CCN(C(=O)[C@@H](N)CCCNC(=N)N)CC3)ccc3c2[C@]12C[C@@H](C3)N(C)C2. The molecule has 6 N–H and O–H groups in total. The quantitative estimate of drug-likeness (QED) is 0.193. The van der Waals surface area contributed by atoms with Crippen molar-refractivity contribution >= 4 is 23.7 Å². The number of carbonyl (C=O) groups is 3. The van der Waals surface area contributed by atoms with Crippen molar-refractivity contribution in [3.63, 3.8) is 0 Å². The highest BCUT2D eigenvalue weighted by Crippen LogP contribution is 2.58. The van der Waals surface area contributed by atoms with Gasteiger partial charge in [0.2, 0.25) is 5.91 Å². The number of hydrogen-bond acceptors (Lipinski definition) is 8. The van der Waals surface area contributed by atoms with E-state index in [0.717, 1.165) is 31.4 Å². The van der Waals surface area contributed by atoms with Gasteiger partial charge < -0.3 is 41.0 Å². The third-order valence-electron chi connectivity index (χ3n) is 8.81. The summed E-state index contributed by atoms with van der Waals surface area (Å²) in [6, 6.07) is 3.53. The molecule has 2 amide bonds. The Morgan fingerprint density at radius 3 is 2.65 bits per heavy atom. The van der Waals surface area contributed by atoms with E-state index in [-0.39, 0.29) is 17.6 Å². The zero-order valence-electron chi connectivity index (χ0n) is 23.4. The predicted molar refractivity (Wildman–Crippen MR) is 148 cm³/mol. The van der Waals surface area contributed by atoms with Gasteiger partial charge in [0.1, 0.15) is 0 Å². The maximum Gasteiger partial charge on any atom is 0.415 e. The Labute approximate surface area is 234 Å². The number of fused-ring (bicyclic) bond motifs is 1. The second kappa shape index (κ2) is 11.2. The van der Waals surface area contributed by atoms with Crippen molar-refractivity contribution in [2.75, 3.05) is 46.3 Å². The third kappa shape index (κ3) is 5.10. The van der Waals surface area contributed by atoms with Crippen molar-refractivity contribution in [3.8, 4) is 11.5 Å². The van der Waals surface area contributed by atoms with Gasteiger partial charge in [0.25, 0.3) is 0 Å². The smallest absolute Gasteiger partial charge is 0.415 e. The van der Waals surface area contributed by atoms with Gasteiger partial charge in [-0.05, 0) is 50.8 Å². The summed E-state index contributed by atoms with van der Waals surface area (Å²) in [5, 5.41) is 9.88. The topological polar surface area (TPSA) is 167 Å². The first-order valence-electron chi connectivity index (χ1n) is 14.3. The number of likely N-dealkylation sites (tertiary alicyclic amines) is 1. The summed E-state index contributed by atoms with van der Waals surface area (Å²) in [6.07, 6.45) is 3.00. The molecule has 3 heterocycles. The Balaban J connectivity index is 1.23. The summed E-state index contributed by atoms with van der Waals surface area (Å²) < 4.78 is 12.3. The van der Waals surface area contributed by atoms with Crippen LogP contribution in [0, 0.1) is 5.41 Å². The number of likely N-dealkylation sites (N-methyl/N-ethyl adjacent to an activating group) is 1. The fourth-order valence-corrected chi connectivity index (χ4v) is 6.87. The molecule has 4 atom stereocenters. The number of piperazine rings is 1. The predicted octanol–water partition coefficient (Wildman–Crippen LogP) is 0.548. The van der Waals surface area contributed by atoms with Crippen molar-refractivity contribution in [3.05, 3.63) is 23.3 Å². The maximum atomic E-state index is 13.2. The highest BCUT2D eigenvalue weighted by Gasteiger charge is 2.61. The molecule has 2 fully saturated rings. The number of nitrogens with two attached hydrogens (primary N) is 2. The van der Waals surface area contributed by atoms with Crippen LogP contribution in [0.25, 0.3) is 0 Å². The molecule has 218 valence electrons. The maximum absolute atomic E-state index is 13.2. The average Bonchev–Trinajstić information content (AvgIpc) is 3.41. The molecular formula is C28H41N7O5. The zero-order chi connectivity index (χ0) is 28.6. The zero-order valence-corrected chi connectivity index (χ0v) is 23.4. The van der Waals surface area contributed by atoms with E-state index in [9.17, 15) is 14.4 Å². The van der Waals surface area contributed by atoms with E-state index in [2.05, 4.69) is 17.3 Å². The monoisotopic (exact) mass is 555 g/mol. The van der Waals surface area contributed by atoms with Crippen LogP contribution in [0.5, 0.6) is 11.5 Å². The van der Waals surface area contributed by atoms with E-state index in [4.69, 9.17) is 26.4 Å². The van der Waals surface area contributed by atoms with Gasteiger partial charge in [-0.25, -0.2) is 4.79 Å². The Kier molecular flexibility index (Phi) is 7.92. The normalized spacial score (nSPS) is 25.7. The van der Waals surface area contributed by atoms with Crippen LogP contribution in [-0.2, 0) is 21.4 Å². The highest BCUT2D eigenvalue weighted by molar-refractivity contribution is 5.88. The van der Waals surface area contributed by atoms with Crippen LogP contribution in [0.15, 0.2) is 12.1 Å². The number of nitrogens with one attached hydrogen (secondary N) is 2. The minimum Gasteiger partial charge on any atom is -0.477 e. The molecule has 5 rings (SSSR count). The third-order valence-corrected chi connectivity index (χ3v) is 8.81. The van der Waals surface area contributed by atoms with E-state index in [1.54, 1.807) is 15.9 Å². The van der Waals surface area contributed by atoms with Crippen LogP contribution >= 0.6 is 0 Å². The fourth-order valence-electron chi connectivity index (χ4n) is 6.87. The van der Waals surface area contributed by atoms with Gasteiger partial charge in [-0.1, -0.05) is 13.0 Å². The standard InChI is InChI=1S/C28H41N7O5/c1-3-5-20(36)24-28-15-18(33(2)16-28)14-17-7-8-21(23(40-24)22(17)28)39-27(38)35-12-10-34(11-13-35)25(37)19(29)6-4-9-32-26(30)31/h7-8,18-19,24H,3-6,9-16,29H2,1-2H3,(H4,30,31,32)/t18-,19+,24?,28-/m1/s1. The summed E-state index contributed by atoms with van der Waals surface area (Å²) in [6.45, 7) is 4.63. The van der Waals surface area contributed by atoms with Gasteiger partial charge in [0.15, 0.2) is 29.3 Å². The van der Waals surface area contributed by atoms with Crippen molar-refractivity contribution < 1.29 is 23.9 Å². The lowest BCUT2D eigenvalue weighted by Gasteiger charge is -2.35. The molecule has 2 saturated heterocycles. The number of nitrogens with zero attached hydrogens (tertiary/aromatic N) is 3. The molecule has 4 aliphatic rings. The summed E-state index contributed by atoms with van der Waals surface area (Å²) in [5.41, 5.74) is 13.2. The number of ether oxygens (including phenoxy) is 2. The molecule has 1 aromatic carbocycles. The molecule has 1 aromatic rings. The van der Waals surface area contributed by atoms with E-state index >= 15 is 0 Å². The van der Waals surface area contributed by atoms with Crippen LogP contribution in [0.4, 0.5) is 4.79 Å². The highest BCUT2D eigenvalue weighted by atomic mass is 16.6. The first-order valence-corrected chi connectivity index (χ1v) is 14.3. The summed E-state index contributed by atoms with van der Waals surface area (Å²) >= 11 is 0. The lowest BCUT2D eigenvalue weighted by molar-refractivity contribution is -0.134. The largest absolute Gasteiger partial charge is 0.477 e. The number of rotatable bonds is 9. The van der Waals surface area contributed by atoms with Crippen LogP contribution in [0.3, 0.4) is 0 Å². The Morgan fingerprint density at radius 1 is 1.23 bits per heavy atom. The van der Waals surface area contributed by atoms with Gasteiger partial charge in [-0.15, -0.1) is 0 Å². The average molecular weight is 556 g/mol. The summed E-state index contributed by atoms with van der Waals surface area (Å²) in [7, 11) is 2.11. The lowest BCUT2D eigenvalue weighted by atomic mass is 9.68.